The zero-order valence-corrected chi connectivity index (χ0v) is 9.47. The summed E-state index contributed by atoms with van der Waals surface area (Å²) in [4.78, 5) is 0. The number of hydrogen-bond acceptors (Lipinski definition) is 2. The van der Waals surface area contributed by atoms with Gasteiger partial charge < -0.3 is 9.84 Å². The molecule has 4 heteroatoms. The van der Waals surface area contributed by atoms with Gasteiger partial charge in [0.05, 0.1) is 7.11 Å². The third kappa shape index (κ3) is 2.69. The quantitative estimate of drug-likeness (QED) is 0.904. The number of hydrogen-bond donors (Lipinski definition) is 1. The van der Waals surface area contributed by atoms with Gasteiger partial charge in [-0.1, -0.05) is 15.9 Å². The number of aliphatic hydroxyl groups excluding tert-OH is 1. The van der Waals surface area contributed by atoms with Crippen molar-refractivity contribution in [3.63, 3.8) is 0 Å². The Morgan fingerprint density at radius 1 is 1.50 bits per heavy atom. The van der Waals surface area contributed by atoms with Crippen LogP contribution in [0.15, 0.2) is 16.6 Å². The molecule has 14 heavy (non-hydrogen) atoms. The average molecular weight is 263 g/mol. The molecule has 2 nitrogen and oxygen atoms in total. The lowest BCUT2D eigenvalue weighted by Crippen LogP contribution is -1.98. The van der Waals surface area contributed by atoms with E-state index in [2.05, 4.69) is 15.9 Å². The molecule has 1 aromatic carbocycles. The van der Waals surface area contributed by atoms with Gasteiger partial charge in [-0.25, -0.2) is 4.39 Å². The molecule has 0 radical (unpaired) electrons. The maximum atomic E-state index is 13.4. The SMILES string of the molecule is COc1cc(Br)cc(F)c1CCCO. The highest BCUT2D eigenvalue weighted by molar-refractivity contribution is 9.10. The van der Waals surface area contributed by atoms with E-state index >= 15 is 0 Å². The van der Waals surface area contributed by atoms with Crippen LogP contribution in [0.4, 0.5) is 4.39 Å². The zero-order chi connectivity index (χ0) is 10.6. The van der Waals surface area contributed by atoms with E-state index in [-0.39, 0.29) is 12.4 Å². The molecule has 0 spiro atoms. The first-order chi connectivity index (χ1) is 6.69. The second kappa shape index (κ2) is 5.32. The summed E-state index contributed by atoms with van der Waals surface area (Å²) in [7, 11) is 1.50. The maximum Gasteiger partial charge on any atom is 0.131 e. The minimum absolute atomic E-state index is 0.0542. The Bertz CT molecular complexity index is 315. The molecule has 0 saturated heterocycles. The number of methoxy groups -OCH3 is 1. The normalized spacial score (nSPS) is 10.3. The van der Waals surface area contributed by atoms with E-state index in [0.717, 1.165) is 0 Å². The van der Waals surface area contributed by atoms with Gasteiger partial charge >= 0.3 is 0 Å². The lowest BCUT2D eigenvalue weighted by Gasteiger charge is -2.09. The molecular formula is C10H12BrFO2. The molecule has 0 saturated carbocycles. The third-order valence-corrected chi connectivity index (χ3v) is 2.38. The molecule has 1 rings (SSSR count). The third-order valence-electron chi connectivity index (χ3n) is 1.92. The zero-order valence-electron chi connectivity index (χ0n) is 7.89. The molecule has 0 unspecified atom stereocenters. The molecule has 0 aromatic heterocycles. The molecule has 0 atom stereocenters. The van der Waals surface area contributed by atoms with Crippen LogP contribution in [0.1, 0.15) is 12.0 Å². The van der Waals surface area contributed by atoms with E-state index < -0.39 is 0 Å². The van der Waals surface area contributed by atoms with Gasteiger partial charge in [0.2, 0.25) is 0 Å². The predicted octanol–water partition coefficient (Wildman–Crippen LogP) is 2.52. The fourth-order valence-electron chi connectivity index (χ4n) is 1.26. The van der Waals surface area contributed by atoms with E-state index in [9.17, 15) is 4.39 Å². The molecule has 1 aromatic rings. The highest BCUT2D eigenvalue weighted by Crippen LogP contribution is 2.27. The van der Waals surface area contributed by atoms with E-state index in [0.29, 0.717) is 28.6 Å². The Balaban J connectivity index is 2.99. The highest BCUT2D eigenvalue weighted by Gasteiger charge is 2.10. The second-order valence-electron chi connectivity index (χ2n) is 2.90. The summed E-state index contributed by atoms with van der Waals surface area (Å²) in [5.41, 5.74) is 0.518. The number of benzene rings is 1. The van der Waals surface area contributed by atoms with Gasteiger partial charge in [0.1, 0.15) is 11.6 Å². The van der Waals surface area contributed by atoms with Crippen LogP contribution in [-0.2, 0) is 6.42 Å². The summed E-state index contributed by atoms with van der Waals surface area (Å²) in [6, 6.07) is 3.12. The van der Waals surface area contributed by atoms with Crippen molar-refractivity contribution in [1.29, 1.82) is 0 Å². The van der Waals surface area contributed by atoms with Crippen LogP contribution in [0.5, 0.6) is 5.75 Å². The second-order valence-corrected chi connectivity index (χ2v) is 3.81. The number of aliphatic hydroxyl groups is 1. The average Bonchev–Trinajstić information content (AvgIpc) is 2.15. The Morgan fingerprint density at radius 3 is 2.79 bits per heavy atom. The van der Waals surface area contributed by atoms with E-state index in [4.69, 9.17) is 9.84 Å². The van der Waals surface area contributed by atoms with Crippen molar-refractivity contribution < 1.29 is 14.2 Å². The van der Waals surface area contributed by atoms with Crippen molar-refractivity contribution in [3.05, 3.63) is 28.0 Å². The van der Waals surface area contributed by atoms with Crippen molar-refractivity contribution in [3.8, 4) is 5.75 Å². The monoisotopic (exact) mass is 262 g/mol. The van der Waals surface area contributed by atoms with Gasteiger partial charge in [0, 0.05) is 16.6 Å². The van der Waals surface area contributed by atoms with Gasteiger partial charge in [-0.05, 0) is 25.0 Å². The largest absolute Gasteiger partial charge is 0.496 e. The van der Waals surface area contributed by atoms with Gasteiger partial charge in [0.15, 0.2) is 0 Å². The van der Waals surface area contributed by atoms with Crippen molar-refractivity contribution >= 4 is 15.9 Å². The summed E-state index contributed by atoms with van der Waals surface area (Å²) in [6.45, 7) is 0.0542. The lowest BCUT2D eigenvalue weighted by molar-refractivity contribution is 0.287. The Hall–Kier alpha value is -0.610. The standard InChI is InChI=1S/C10H12BrFO2/c1-14-10-6-7(11)5-9(12)8(10)3-2-4-13/h5-6,13H,2-4H2,1H3. The smallest absolute Gasteiger partial charge is 0.131 e. The predicted molar refractivity (Wildman–Crippen MR) is 56.1 cm³/mol. The topological polar surface area (TPSA) is 29.5 Å². The molecule has 1 N–H and O–H groups in total. The van der Waals surface area contributed by atoms with Gasteiger partial charge in [-0.3, -0.25) is 0 Å². The van der Waals surface area contributed by atoms with E-state index in [1.165, 1.54) is 13.2 Å². The first-order valence-corrected chi connectivity index (χ1v) is 5.11. The summed E-state index contributed by atoms with van der Waals surface area (Å²) >= 11 is 3.19. The number of rotatable bonds is 4. The molecule has 78 valence electrons. The van der Waals surface area contributed by atoms with Gasteiger partial charge in [0.25, 0.3) is 0 Å². The van der Waals surface area contributed by atoms with Gasteiger partial charge in [-0.2, -0.15) is 0 Å². The molecule has 0 fully saturated rings. The Morgan fingerprint density at radius 2 is 2.21 bits per heavy atom. The lowest BCUT2D eigenvalue weighted by atomic mass is 10.1. The maximum absolute atomic E-state index is 13.4. The molecule has 0 bridgehead atoms. The molecule has 0 aliphatic heterocycles. The van der Waals surface area contributed by atoms with Crippen LogP contribution >= 0.6 is 15.9 Å². The molecular weight excluding hydrogens is 251 g/mol. The molecule has 0 aliphatic rings. The first kappa shape index (κ1) is 11.5. The summed E-state index contributed by atoms with van der Waals surface area (Å²) in [5.74, 6) is 0.218. The molecule has 0 heterocycles. The van der Waals surface area contributed by atoms with Crippen LogP contribution in [-0.4, -0.2) is 18.8 Å². The molecule has 0 aliphatic carbocycles. The summed E-state index contributed by atoms with van der Waals surface area (Å²) in [6.07, 6.45) is 1.02. The number of ether oxygens (including phenoxy) is 1. The number of halogens is 2. The minimum Gasteiger partial charge on any atom is -0.496 e. The van der Waals surface area contributed by atoms with Crippen molar-refractivity contribution in [2.75, 3.05) is 13.7 Å². The fraction of sp³-hybridized carbons (Fsp3) is 0.400. The van der Waals surface area contributed by atoms with Crippen molar-refractivity contribution in [2.24, 2.45) is 0 Å². The Kier molecular flexibility index (Phi) is 4.35. The summed E-state index contributed by atoms with van der Waals surface area (Å²) in [5, 5.41) is 8.66. The van der Waals surface area contributed by atoms with Crippen molar-refractivity contribution in [2.45, 2.75) is 12.8 Å². The highest BCUT2D eigenvalue weighted by atomic mass is 79.9. The minimum atomic E-state index is -0.301. The van der Waals surface area contributed by atoms with Gasteiger partial charge in [-0.15, -0.1) is 0 Å². The molecule has 0 amide bonds. The van der Waals surface area contributed by atoms with E-state index in [1.54, 1.807) is 6.07 Å². The van der Waals surface area contributed by atoms with E-state index in [1.807, 2.05) is 0 Å². The first-order valence-electron chi connectivity index (χ1n) is 4.31. The summed E-state index contributed by atoms with van der Waals surface area (Å²) < 4.78 is 19.1. The van der Waals surface area contributed by atoms with Crippen LogP contribution in [0.2, 0.25) is 0 Å². The van der Waals surface area contributed by atoms with Crippen LogP contribution in [0.3, 0.4) is 0 Å². The van der Waals surface area contributed by atoms with Crippen LogP contribution in [0, 0.1) is 5.82 Å². The van der Waals surface area contributed by atoms with Crippen LogP contribution < -0.4 is 4.74 Å². The van der Waals surface area contributed by atoms with Crippen molar-refractivity contribution in [1.82, 2.24) is 0 Å². The Labute approximate surface area is 90.8 Å². The van der Waals surface area contributed by atoms with Crippen LogP contribution in [0.25, 0.3) is 0 Å². The fourth-order valence-corrected chi connectivity index (χ4v) is 1.67.